The Labute approximate surface area is 185 Å². The first kappa shape index (κ1) is 21.2. The Bertz CT molecular complexity index is 1340. The second-order valence-electron chi connectivity index (χ2n) is 7.19. The molecule has 0 aliphatic carbocycles. The third-order valence-electron chi connectivity index (χ3n) is 5.28. The highest BCUT2D eigenvalue weighted by atomic mass is 16.5. The van der Waals surface area contributed by atoms with Crippen molar-refractivity contribution >= 4 is 16.8 Å². The van der Waals surface area contributed by atoms with Crippen molar-refractivity contribution in [2.75, 3.05) is 20.8 Å². The van der Waals surface area contributed by atoms with Crippen LogP contribution < -0.4 is 19.8 Å². The summed E-state index contributed by atoms with van der Waals surface area (Å²) in [4.78, 5) is 25.2. The van der Waals surface area contributed by atoms with Gasteiger partial charge in [0.2, 0.25) is 0 Å². The molecule has 0 amide bonds. The largest absolute Gasteiger partial charge is 0.497 e. The number of benzene rings is 3. The molecule has 0 spiro atoms. The van der Waals surface area contributed by atoms with Crippen LogP contribution in [0.4, 0.5) is 0 Å². The molecule has 32 heavy (non-hydrogen) atoms. The number of hydrogen-bond acceptors (Lipinski definition) is 6. The predicted octanol–water partition coefficient (Wildman–Crippen LogP) is 5.05. The highest BCUT2D eigenvalue weighted by Gasteiger charge is 2.18. The Balaban J connectivity index is 1.71. The minimum atomic E-state index is -0.466. The van der Waals surface area contributed by atoms with Crippen LogP contribution in [0.25, 0.3) is 22.1 Å². The Hall–Kier alpha value is -4.06. The fourth-order valence-corrected chi connectivity index (χ4v) is 3.59. The summed E-state index contributed by atoms with van der Waals surface area (Å²) in [6.45, 7) is 1.75. The van der Waals surface area contributed by atoms with Crippen molar-refractivity contribution in [2.45, 2.75) is 6.92 Å². The van der Waals surface area contributed by atoms with Gasteiger partial charge in [0, 0.05) is 22.6 Å². The number of Topliss-reactive ketones (excluding diaryl/α,β-unsaturated/α-hetero) is 1. The van der Waals surface area contributed by atoms with E-state index in [1.165, 1.54) is 7.11 Å². The van der Waals surface area contributed by atoms with Crippen molar-refractivity contribution in [3.8, 4) is 28.4 Å². The van der Waals surface area contributed by atoms with Crippen molar-refractivity contribution < 1.29 is 23.4 Å². The number of carbonyl (C=O) groups excluding carboxylic acids is 1. The lowest BCUT2D eigenvalue weighted by molar-refractivity contribution is 0.0921. The second kappa shape index (κ2) is 8.98. The summed E-state index contributed by atoms with van der Waals surface area (Å²) in [6, 6.07) is 19.3. The average molecular weight is 430 g/mol. The van der Waals surface area contributed by atoms with Gasteiger partial charge in [0.25, 0.3) is 0 Å². The molecule has 0 saturated carbocycles. The first-order valence-electron chi connectivity index (χ1n) is 10.0. The number of fused-ring (bicyclic) bond motifs is 1. The van der Waals surface area contributed by atoms with E-state index < -0.39 is 5.63 Å². The van der Waals surface area contributed by atoms with E-state index in [-0.39, 0.29) is 12.4 Å². The predicted molar refractivity (Wildman–Crippen MR) is 122 cm³/mol. The van der Waals surface area contributed by atoms with Gasteiger partial charge in [0.1, 0.15) is 22.8 Å². The molecule has 0 unspecified atom stereocenters. The fourth-order valence-electron chi connectivity index (χ4n) is 3.59. The van der Waals surface area contributed by atoms with Gasteiger partial charge in [0.15, 0.2) is 12.4 Å². The van der Waals surface area contributed by atoms with Gasteiger partial charge in [-0.2, -0.15) is 0 Å². The lowest BCUT2D eigenvalue weighted by Gasteiger charge is -2.13. The molecule has 4 aromatic rings. The number of ketones is 1. The molecule has 0 atom stereocenters. The number of carbonyl (C=O) groups is 1. The van der Waals surface area contributed by atoms with Crippen LogP contribution in [0.2, 0.25) is 0 Å². The third kappa shape index (κ3) is 4.07. The van der Waals surface area contributed by atoms with E-state index in [2.05, 4.69) is 0 Å². The number of ether oxygens (including phenoxy) is 3. The number of hydrogen-bond donors (Lipinski definition) is 0. The van der Waals surface area contributed by atoms with Crippen molar-refractivity contribution in [1.29, 1.82) is 0 Å². The molecule has 0 radical (unpaired) electrons. The molecule has 0 fully saturated rings. The minimum Gasteiger partial charge on any atom is -0.497 e. The maximum atomic E-state index is 12.8. The van der Waals surface area contributed by atoms with Crippen LogP contribution in [0.15, 0.2) is 75.9 Å². The highest BCUT2D eigenvalue weighted by Crippen LogP contribution is 2.36. The standard InChI is InChI=1S/C26H22O6/c1-16-21-13-19(31-15-22(27)17-7-5-4-6-8-17)10-12-23(21)32-26(28)25(16)20-11-9-18(29-2)14-24(20)30-3/h4-14H,15H2,1-3H3. The first-order valence-corrected chi connectivity index (χ1v) is 10.0. The average Bonchev–Trinajstić information content (AvgIpc) is 2.83. The molecule has 162 valence electrons. The quantitative estimate of drug-likeness (QED) is 0.302. The molecule has 1 aromatic heterocycles. The third-order valence-corrected chi connectivity index (χ3v) is 5.28. The van der Waals surface area contributed by atoms with Crippen LogP contribution in [0.3, 0.4) is 0 Å². The maximum absolute atomic E-state index is 12.8. The van der Waals surface area contributed by atoms with Crippen LogP contribution in [0.5, 0.6) is 17.2 Å². The van der Waals surface area contributed by atoms with Crippen LogP contribution in [-0.4, -0.2) is 26.6 Å². The Morgan fingerprint density at radius 1 is 0.906 bits per heavy atom. The topological polar surface area (TPSA) is 75.0 Å². The fraction of sp³-hybridized carbons (Fsp3) is 0.154. The summed E-state index contributed by atoms with van der Waals surface area (Å²) in [5.41, 5.74) is 2.28. The zero-order valence-electron chi connectivity index (χ0n) is 18.0. The second-order valence-corrected chi connectivity index (χ2v) is 7.19. The van der Waals surface area contributed by atoms with E-state index in [0.717, 1.165) is 5.56 Å². The zero-order chi connectivity index (χ0) is 22.7. The van der Waals surface area contributed by atoms with Gasteiger partial charge in [-0.3, -0.25) is 4.79 Å². The Morgan fingerprint density at radius 2 is 1.66 bits per heavy atom. The SMILES string of the molecule is COc1ccc(-c2c(C)c3cc(OCC(=O)c4ccccc4)ccc3oc2=O)c(OC)c1. The van der Waals surface area contributed by atoms with Crippen LogP contribution in [0.1, 0.15) is 15.9 Å². The van der Waals surface area contributed by atoms with E-state index >= 15 is 0 Å². The molecule has 1 heterocycles. The summed E-state index contributed by atoms with van der Waals surface area (Å²) >= 11 is 0. The lowest BCUT2D eigenvalue weighted by atomic mass is 9.98. The molecule has 4 rings (SSSR count). The molecular weight excluding hydrogens is 408 g/mol. The summed E-state index contributed by atoms with van der Waals surface area (Å²) < 4.78 is 22.0. The molecule has 0 aliphatic heterocycles. The monoisotopic (exact) mass is 430 g/mol. The van der Waals surface area contributed by atoms with Crippen LogP contribution in [-0.2, 0) is 0 Å². The molecule has 0 aliphatic rings. The van der Waals surface area contributed by atoms with Gasteiger partial charge < -0.3 is 18.6 Å². The van der Waals surface area contributed by atoms with Gasteiger partial charge in [-0.15, -0.1) is 0 Å². The van der Waals surface area contributed by atoms with Crippen molar-refractivity contribution in [3.63, 3.8) is 0 Å². The van der Waals surface area contributed by atoms with Crippen molar-refractivity contribution in [3.05, 3.63) is 88.3 Å². The summed E-state index contributed by atoms with van der Waals surface area (Å²) in [7, 11) is 3.10. The summed E-state index contributed by atoms with van der Waals surface area (Å²) in [5.74, 6) is 1.50. The van der Waals surface area contributed by atoms with Crippen molar-refractivity contribution in [2.24, 2.45) is 0 Å². The molecular formula is C26H22O6. The lowest BCUT2D eigenvalue weighted by Crippen LogP contribution is -2.11. The zero-order valence-corrected chi connectivity index (χ0v) is 18.0. The van der Waals surface area contributed by atoms with Gasteiger partial charge >= 0.3 is 5.63 Å². The van der Waals surface area contributed by atoms with Gasteiger partial charge in [0.05, 0.1) is 19.8 Å². The van der Waals surface area contributed by atoms with Crippen LogP contribution >= 0.6 is 0 Å². The van der Waals surface area contributed by atoms with E-state index in [1.54, 1.807) is 55.6 Å². The number of aryl methyl sites for hydroxylation is 1. The maximum Gasteiger partial charge on any atom is 0.344 e. The van der Waals surface area contributed by atoms with Gasteiger partial charge in [-0.05, 0) is 42.8 Å². The Morgan fingerprint density at radius 3 is 2.38 bits per heavy atom. The molecule has 6 nitrogen and oxygen atoms in total. The molecule has 0 N–H and O–H groups in total. The smallest absolute Gasteiger partial charge is 0.344 e. The van der Waals surface area contributed by atoms with E-state index in [4.69, 9.17) is 18.6 Å². The van der Waals surface area contributed by atoms with Crippen LogP contribution in [0, 0.1) is 6.92 Å². The van der Waals surface area contributed by atoms with E-state index in [9.17, 15) is 9.59 Å². The molecule has 3 aromatic carbocycles. The van der Waals surface area contributed by atoms with E-state index in [1.807, 2.05) is 25.1 Å². The first-order chi connectivity index (χ1) is 15.5. The molecule has 0 bridgehead atoms. The molecule has 6 heteroatoms. The highest BCUT2D eigenvalue weighted by molar-refractivity contribution is 5.97. The number of methoxy groups -OCH3 is 2. The van der Waals surface area contributed by atoms with E-state index in [0.29, 0.717) is 44.9 Å². The summed E-state index contributed by atoms with van der Waals surface area (Å²) in [5, 5.41) is 0.710. The Kier molecular flexibility index (Phi) is 5.94. The minimum absolute atomic E-state index is 0.0927. The van der Waals surface area contributed by atoms with Crippen molar-refractivity contribution in [1.82, 2.24) is 0 Å². The summed E-state index contributed by atoms with van der Waals surface area (Å²) in [6.07, 6.45) is 0. The number of rotatable bonds is 7. The van der Waals surface area contributed by atoms with Gasteiger partial charge in [-0.1, -0.05) is 30.3 Å². The molecule has 0 saturated heterocycles. The normalized spacial score (nSPS) is 10.7. The van der Waals surface area contributed by atoms with Gasteiger partial charge in [-0.25, -0.2) is 4.79 Å².